The van der Waals surface area contributed by atoms with Gasteiger partial charge in [-0.25, -0.2) is 4.98 Å². The van der Waals surface area contributed by atoms with E-state index in [0.717, 1.165) is 24.9 Å². The van der Waals surface area contributed by atoms with Crippen LogP contribution in [-0.2, 0) is 0 Å². The molecular weight excluding hydrogens is 226 g/mol. The van der Waals surface area contributed by atoms with Crippen molar-refractivity contribution in [1.29, 1.82) is 0 Å². The fraction of sp³-hybridized carbons (Fsp3) is 0.692. The monoisotopic (exact) mass is 249 g/mol. The van der Waals surface area contributed by atoms with Crippen LogP contribution in [0.4, 0.5) is 11.8 Å². The van der Waals surface area contributed by atoms with Gasteiger partial charge in [0, 0.05) is 26.3 Å². The Morgan fingerprint density at radius 2 is 2.33 bits per heavy atom. The zero-order chi connectivity index (χ0) is 13.0. The summed E-state index contributed by atoms with van der Waals surface area (Å²) in [5.41, 5.74) is 0. The normalized spacial score (nSPS) is 21.4. The molecule has 100 valence electrons. The Morgan fingerprint density at radius 1 is 1.50 bits per heavy atom. The maximum atomic E-state index is 4.49. The molecule has 0 aliphatic carbocycles. The summed E-state index contributed by atoms with van der Waals surface area (Å²) < 4.78 is 0. The van der Waals surface area contributed by atoms with Crippen LogP contribution in [0.2, 0.25) is 0 Å². The third-order valence-electron chi connectivity index (χ3n) is 3.46. The fourth-order valence-corrected chi connectivity index (χ4v) is 2.30. The third kappa shape index (κ3) is 3.32. The molecule has 2 N–H and O–H groups in total. The van der Waals surface area contributed by atoms with Crippen LogP contribution in [-0.4, -0.2) is 43.2 Å². The molecule has 1 aliphatic heterocycles. The first kappa shape index (κ1) is 13.1. The summed E-state index contributed by atoms with van der Waals surface area (Å²) >= 11 is 0. The first-order valence-electron chi connectivity index (χ1n) is 6.64. The van der Waals surface area contributed by atoms with Gasteiger partial charge >= 0.3 is 0 Å². The van der Waals surface area contributed by atoms with Crippen molar-refractivity contribution in [3.8, 4) is 0 Å². The summed E-state index contributed by atoms with van der Waals surface area (Å²) in [6.45, 7) is 4.48. The molecule has 2 rings (SSSR count). The minimum atomic E-state index is 0.433. The number of nitrogens with zero attached hydrogens (tertiary/aromatic N) is 3. The van der Waals surface area contributed by atoms with Gasteiger partial charge in [0.2, 0.25) is 5.95 Å². The Morgan fingerprint density at radius 3 is 3.00 bits per heavy atom. The van der Waals surface area contributed by atoms with Crippen molar-refractivity contribution >= 4 is 11.8 Å². The zero-order valence-electron chi connectivity index (χ0n) is 11.5. The van der Waals surface area contributed by atoms with Crippen molar-refractivity contribution in [2.24, 2.45) is 5.92 Å². The van der Waals surface area contributed by atoms with Crippen molar-refractivity contribution in [1.82, 2.24) is 15.3 Å². The highest BCUT2D eigenvalue weighted by molar-refractivity contribution is 5.41. The number of rotatable bonds is 4. The van der Waals surface area contributed by atoms with E-state index in [0.29, 0.717) is 12.0 Å². The van der Waals surface area contributed by atoms with Crippen LogP contribution in [0.15, 0.2) is 12.3 Å². The Hall–Kier alpha value is -1.36. The number of nitrogens with one attached hydrogen (secondary N) is 2. The van der Waals surface area contributed by atoms with Gasteiger partial charge in [0.15, 0.2) is 0 Å². The van der Waals surface area contributed by atoms with Crippen molar-refractivity contribution in [3.63, 3.8) is 0 Å². The van der Waals surface area contributed by atoms with Crippen LogP contribution in [0.5, 0.6) is 0 Å². The van der Waals surface area contributed by atoms with Crippen LogP contribution in [0.25, 0.3) is 0 Å². The van der Waals surface area contributed by atoms with Crippen LogP contribution >= 0.6 is 0 Å². The quantitative estimate of drug-likeness (QED) is 0.843. The molecule has 2 unspecified atom stereocenters. The predicted octanol–water partition coefficient (Wildman–Crippen LogP) is 1.34. The number of aromatic nitrogens is 2. The van der Waals surface area contributed by atoms with E-state index in [1.807, 2.05) is 25.1 Å². The summed E-state index contributed by atoms with van der Waals surface area (Å²) in [6, 6.07) is 2.36. The lowest BCUT2D eigenvalue weighted by Crippen LogP contribution is -2.39. The van der Waals surface area contributed by atoms with E-state index in [1.165, 1.54) is 12.8 Å². The summed E-state index contributed by atoms with van der Waals surface area (Å²) in [6.07, 6.45) is 4.35. The minimum absolute atomic E-state index is 0.433. The zero-order valence-corrected chi connectivity index (χ0v) is 11.5. The van der Waals surface area contributed by atoms with E-state index in [-0.39, 0.29) is 0 Å². The Kier molecular flexibility index (Phi) is 4.36. The molecule has 0 aromatic carbocycles. The molecule has 2 atom stereocenters. The van der Waals surface area contributed by atoms with Gasteiger partial charge in [0.25, 0.3) is 0 Å². The average molecular weight is 249 g/mol. The topological polar surface area (TPSA) is 53.1 Å². The van der Waals surface area contributed by atoms with Crippen LogP contribution < -0.4 is 15.5 Å². The van der Waals surface area contributed by atoms with Gasteiger partial charge in [-0.3, -0.25) is 0 Å². The summed E-state index contributed by atoms with van der Waals surface area (Å²) in [7, 11) is 3.90. The lowest BCUT2D eigenvalue weighted by molar-refractivity contribution is 0.346. The van der Waals surface area contributed by atoms with Gasteiger partial charge in [-0.2, -0.15) is 4.98 Å². The molecular formula is C13H23N5. The van der Waals surface area contributed by atoms with E-state index in [9.17, 15) is 0 Å². The highest BCUT2D eigenvalue weighted by atomic mass is 15.2. The molecule has 1 aromatic heterocycles. The molecule has 0 amide bonds. The third-order valence-corrected chi connectivity index (χ3v) is 3.46. The molecule has 1 fully saturated rings. The molecule has 0 spiro atoms. The lowest BCUT2D eigenvalue weighted by atomic mass is 9.93. The smallest absolute Gasteiger partial charge is 0.226 e. The van der Waals surface area contributed by atoms with Crippen molar-refractivity contribution < 1.29 is 0 Å². The van der Waals surface area contributed by atoms with Gasteiger partial charge in [0.05, 0.1) is 0 Å². The molecule has 1 aromatic rings. The summed E-state index contributed by atoms with van der Waals surface area (Å²) in [5, 5.41) is 6.94. The van der Waals surface area contributed by atoms with Crippen molar-refractivity contribution in [2.75, 3.05) is 37.4 Å². The Bertz CT molecular complexity index is 373. The maximum Gasteiger partial charge on any atom is 0.226 e. The van der Waals surface area contributed by atoms with Gasteiger partial charge in [-0.05, 0) is 44.8 Å². The molecule has 5 nitrogen and oxygen atoms in total. The van der Waals surface area contributed by atoms with Crippen molar-refractivity contribution in [2.45, 2.75) is 25.8 Å². The number of piperidine rings is 1. The molecule has 0 bridgehead atoms. The second-order valence-corrected chi connectivity index (χ2v) is 5.18. The maximum absolute atomic E-state index is 4.49. The molecule has 5 heteroatoms. The second-order valence-electron chi connectivity index (χ2n) is 5.18. The fourth-order valence-electron chi connectivity index (χ4n) is 2.30. The van der Waals surface area contributed by atoms with Gasteiger partial charge in [-0.1, -0.05) is 0 Å². The van der Waals surface area contributed by atoms with Gasteiger partial charge < -0.3 is 15.5 Å². The summed E-state index contributed by atoms with van der Waals surface area (Å²) in [5.74, 6) is 2.33. The highest BCUT2D eigenvalue weighted by Gasteiger charge is 2.20. The van der Waals surface area contributed by atoms with E-state index in [1.54, 1.807) is 6.20 Å². The average Bonchev–Trinajstić information content (AvgIpc) is 2.40. The Balaban J connectivity index is 1.97. The van der Waals surface area contributed by atoms with Gasteiger partial charge in [0.1, 0.15) is 5.82 Å². The van der Waals surface area contributed by atoms with E-state index < -0.39 is 0 Å². The van der Waals surface area contributed by atoms with Gasteiger partial charge in [-0.15, -0.1) is 0 Å². The van der Waals surface area contributed by atoms with Crippen LogP contribution in [0.1, 0.15) is 19.8 Å². The van der Waals surface area contributed by atoms with Crippen LogP contribution in [0, 0.1) is 5.92 Å². The van der Waals surface area contributed by atoms with E-state index in [4.69, 9.17) is 0 Å². The molecule has 2 heterocycles. The lowest BCUT2D eigenvalue weighted by Gasteiger charge is -2.29. The first-order valence-corrected chi connectivity index (χ1v) is 6.64. The standard InChI is InChI=1S/C13H23N5/c1-10(11-5-4-7-14-9-11)16-12-6-8-15-13(17-12)18(2)3/h6,8,10-11,14H,4-5,7,9H2,1-3H3,(H,15,16,17). The summed E-state index contributed by atoms with van der Waals surface area (Å²) in [4.78, 5) is 10.6. The predicted molar refractivity (Wildman–Crippen MR) is 75.0 cm³/mol. The number of hydrogen-bond donors (Lipinski definition) is 2. The SMILES string of the molecule is CC(Nc1ccnc(N(C)C)n1)C1CCCNC1. The number of anilines is 2. The molecule has 18 heavy (non-hydrogen) atoms. The second kappa shape index (κ2) is 6.00. The molecule has 1 saturated heterocycles. The molecule has 0 radical (unpaired) electrons. The number of hydrogen-bond acceptors (Lipinski definition) is 5. The first-order chi connectivity index (χ1) is 8.66. The highest BCUT2D eigenvalue weighted by Crippen LogP contribution is 2.18. The van der Waals surface area contributed by atoms with Crippen LogP contribution in [0.3, 0.4) is 0 Å². The van der Waals surface area contributed by atoms with E-state index in [2.05, 4.69) is 27.5 Å². The minimum Gasteiger partial charge on any atom is -0.367 e. The molecule has 0 saturated carbocycles. The van der Waals surface area contributed by atoms with Crippen molar-refractivity contribution in [3.05, 3.63) is 12.3 Å². The van der Waals surface area contributed by atoms with E-state index >= 15 is 0 Å². The Labute approximate surface area is 109 Å². The largest absolute Gasteiger partial charge is 0.367 e. The molecule has 1 aliphatic rings.